The quantitative estimate of drug-likeness (QED) is 0.403. The van der Waals surface area contributed by atoms with Gasteiger partial charge in [0.2, 0.25) is 11.7 Å². The maximum absolute atomic E-state index is 11.7. The summed E-state index contributed by atoms with van der Waals surface area (Å²) >= 11 is 0. The molecule has 0 saturated heterocycles. The first kappa shape index (κ1) is 23.9. The van der Waals surface area contributed by atoms with Gasteiger partial charge in [-0.1, -0.05) is 81.3 Å². The smallest absolute Gasteiger partial charge is 0.408 e. The molecule has 2 aromatic rings. The van der Waals surface area contributed by atoms with Crippen LogP contribution in [-0.2, 0) is 17.7 Å². The molecule has 0 unspecified atom stereocenters. The van der Waals surface area contributed by atoms with E-state index in [0.29, 0.717) is 11.7 Å². The number of aromatic nitrogens is 2. The van der Waals surface area contributed by atoms with E-state index in [1.54, 1.807) is 0 Å². The first-order valence-electron chi connectivity index (χ1n) is 11.3. The van der Waals surface area contributed by atoms with Crippen molar-refractivity contribution >= 4 is 6.09 Å². The molecule has 0 fully saturated rings. The Kier molecular flexibility index (Phi) is 9.84. The molecule has 1 aromatic heterocycles. The van der Waals surface area contributed by atoms with Gasteiger partial charge in [0.25, 0.3) is 0 Å². The van der Waals surface area contributed by atoms with Crippen molar-refractivity contribution in [3.05, 3.63) is 35.7 Å². The molecule has 6 nitrogen and oxygen atoms in total. The van der Waals surface area contributed by atoms with Crippen molar-refractivity contribution in [1.29, 1.82) is 0 Å². The number of nitrogens with one attached hydrogen (secondary N) is 1. The summed E-state index contributed by atoms with van der Waals surface area (Å²) in [5.74, 6) is 0.869. The third-order valence-electron chi connectivity index (χ3n) is 4.78. The average Bonchev–Trinajstić information content (AvgIpc) is 3.17. The largest absolute Gasteiger partial charge is 0.444 e. The van der Waals surface area contributed by atoms with Gasteiger partial charge in [-0.2, -0.15) is 4.98 Å². The van der Waals surface area contributed by atoms with Crippen LogP contribution in [0, 0.1) is 0 Å². The number of hydrogen-bond donors (Lipinski definition) is 1. The summed E-state index contributed by atoms with van der Waals surface area (Å²) in [5.41, 5.74) is 1.70. The third kappa shape index (κ3) is 9.42. The Morgan fingerprint density at radius 3 is 2.27 bits per heavy atom. The first-order chi connectivity index (χ1) is 14.4. The lowest BCUT2D eigenvalue weighted by atomic mass is 10.0. The highest BCUT2D eigenvalue weighted by atomic mass is 16.6. The Labute approximate surface area is 180 Å². The van der Waals surface area contributed by atoms with Crippen LogP contribution in [0.15, 0.2) is 28.8 Å². The fourth-order valence-electron chi connectivity index (χ4n) is 3.19. The molecule has 1 aromatic carbocycles. The number of unbranched alkanes of at least 4 members (excludes halogenated alkanes) is 7. The van der Waals surface area contributed by atoms with E-state index in [9.17, 15) is 4.79 Å². The number of alkyl carbamates (subject to hydrolysis) is 1. The second-order valence-corrected chi connectivity index (χ2v) is 8.79. The fourth-order valence-corrected chi connectivity index (χ4v) is 3.19. The number of ether oxygens (including phenoxy) is 1. The van der Waals surface area contributed by atoms with Gasteiger partial charge in [0, 0.05) is 5.56 Å². The molecule has 0 aliphatic carbocycles. The van der Waals surface area contributed by atoms with Crippen molar-refractivity contribution in [1.82, 2.24) is 15.5 Å². The lowest BCUT2D eigenvalue weighted by molar-refractivity contribution is 0.0518. The molecule has 2 rings (SSSR count). The van der Waals surface area contributed by atoms with E-state index >= 15 is 0 Å². The summed E-state index contributed by atoms with van der Waals surface area (Å²) < 4.78 is 10.4. The van der Waals surface area contributed by atoms with Crippen LogP contribution < -0.4 is 5.32 Å². The van der Waals surface area contributed by atoms with Crippen molar-refractivity contribution in [3.8, 4) is 11.4 Å². The zero-order valence-electron chi connectivity index (χ0n) is 19.0. The lowest BCUT2D eigenvalue weighted by Gasteiger charge is -2.19. The zero-order valence-corrected chi connectivity index (χ0v) is 19.0. The normalized spacial score (nSPS) is 11.5. The monoisotopic (exact) mass is 415 g/mol. The highest BCUT2D eigenvalue weighted by Crippen LogP contribution is 2.18. The topological polar surface area (TPSA) is 77.2 Å². The van der Waals surface area contributed by atoms with Crippen LogP contribution in [0.4, 0.5) is 4.79 Å². The van der Waals surface area contributed by atoms with Gasteiger partial charge in [-0.05, 0) is 39.2 Å². The molecular weight excluding hydrogens is 378 g/mol. The van der Waals surface area contributed by atoms with Gasteiger partial charge in [-0.15, -0.1) is 0 Å². The van der Waals surface area contributed by atoms with Crippen LogP contribution in [0.25, 0.3) is 11.4 Å². The molecular formula is C24H37N3O3. The van der Waals surface area contributed by atoms with Crippen LogP contribution in [0.1, 0.15) is 90.5 Å². The minimum absolute atomic E-state index is 0.137. The first-order valence-corrected chi connectivity index (χ1v) is 11.3. The summed E-state index contributed by atoms with van der Waals surface area (Å²) in [6, 6.07) is 8.31. The van der Waals surface area contributed by atoms with Gasteiger partial charge in [0.05, 0.1) is 0 Å². The minimum atomic E-state index is -0.541. The minimum Gasteiger partial charge on any atom is -0.444 e. The second-order valence-electron chi connectivity index (χ2n) is 8.79. The molecule has 1 N–H and O–H groups in total. The van der Waals surface area contributed by atoms with Crippen molar-refractivity contribution in [2.24, 2.45) is 0 Å². The van der Waals surface area contributed by atoms with Gasteiger partial charge in [-0.3, -0.25) is 0 Å². The highest BCUT2D eigenvalue weighted by Gasteiger charge is 2.17. The number of carbonyl (C=O) groups excluding carboxylic acids is 1. The summed E-state index contributed by atoms with van der Waals surface area (Å²) in [6.45, 7) is 7.84. The maximum atomic E-state index is 11.7. The van der Waals surface area contributed by atoms with E-state index in [-0.39, 0.29) is 6.54 Å². The predicted octanol–water partition coefficient (Wildman–Crippen LogP) is 6.44. The molecule has 0 aliphatic rings. The van der Waals surface area contributed by atoms with Crippen LogP contribution in [0.3, 0.4) is 0 Å². The molecule has 1 heterocycles. The average molecular weight is 416 g/mol. The Bertz CT molecular complexity index is 748. The second kappa shape index (κ2) is 12.4. The summed E-state index contributed by atoms with van der Waals surface area (Å²) in [4.78, 5) is 16.1. The number of nitrogens with zero attached hydrogens (tertiary/aromatic N) is 2. The van der Waals surface area contributed by atoms with Crippen LogP contribution in [0.5, 0.6) is 0 Å². The number of rotatable bonds is 12. The Morgan fingerprint density at radius 2 is 1.63 bits per heavy atom. The Balaban J connectivity index is 1.71. The van der Waals surface area contributed by atoms with Gasteiger partial charge in [-0.25, -0.2) is 4.79 Å². The number of benzene rings is 1. The molecule has 0 saturated carbocycles. The van der Waals surface area contributed by atoms with Crippen molar-refractivity contribution in [2.75, 3.05) is 0 Å². The summed E-state index contributed by atoms with van der Waals surface area (Å²) in [7, 11) is 0. The van der Waals surface area contributed by atoms with Crippen molar-refractivity contribution in [2.45, 2.75) is 97.6 Å². The van der Waals surface area contributed by atoms with Gasteiger partial charge >= 0.3 is 6.09 Å². The van der Waals surface area contributed by atoms with Gasteiger partial charge in [0.1, 0.15) is 12.1 Å². The third-order valence-corrected chi connectivity index (χ3v) is 4.78. The van der Waals surface area contributed by atoms with E-state index in [0.717, 1.165) is 12.0 Å². The molecule has 0 aliphatic heterocycles. The van der Waals surface area contributed by atoms with Crippen LogP contribution >= 0.6 is 0 Å². The van der Waals surface area contributed by atoms with Gasteiger partial charge < -0.3 is 14.6 Å². The lowest BCUT2D eigenvalue weighted by Crippen LogP contribution is -2.32. The molecule has 0 bridgehead atoms. The molecule has 1 amide bonds. The van der Waals surface area contributed by atoms with E-state index in [2.05, 4.69) is 34.5 Å². The molecule has 0 spiro atoms. The summed E-state index contributed by atoms with van der Waals surface area (Å²) in [6.07, 6.45) is 11.3. The predicted molar refractivity (Wildman–Crippen MR) is 119 cm³/mol. The van der Waals surface area contributed by atoms with Gasteiger partial charge in [0.15, 0.2) is 0 Å². The zero-order chi connectivity index (χ0) is 21.8. The SMILES string of the molecule is CCCCCCCCCCc1ccc(-c2noc(CNC(=O)OC(C)(C)C)n2)cc1. The molecule has 166 valence electrons. The Morgan fingerprint density at radius 1 is 1.00 bits per heavy atom. The van der Waals surface area contributed by atoms with E-state index in [1.807, 2.05) is 32.9 Å². The van der Waals surface area contributed by atoms with Crippen LogP contribution in [0.2, 0.25) is 0 Å². The molecule has 30 heavy (non-hydrogen) atoms. The van der Waals surface area contributed by atoms with E-state index in [1.165, 1.54) is 56.9 Å². The van der Waals surface area contributed by atoms with E-state index in [4.69, 9.17) is 9.26 Å². The maximum Gasteiger partial charge on any atom is 0.408 e. The highest BCUT2D eigenvalue weighted by molar-refractivity contribution is 5.67. The van der Waals surface area contributed by atoms with Crippen molar-refractivity contribution < 1.29 is 14.1 Å². The standard InChI is InChI=1S/C24H37N3O3/c1-5-6-7-8-9-10-11-12-13-19-14-16-20(17-15-19)22-26-21(30-27-22)18-25-23(28)29-24(2,3)4/h14-17H,5-13,18H2,1-4H3,(H,25,28). The molecule has 6 heteroatoms. The van der Waals surface area contributed by atoms with Crippen LogP contribution in [-0.4, -0.2) is 21.8 Å². The molecule has 0 atom stereocenters. The number of aryl methyl sites for hydroxylation is 1. The molecule has 0 radical (unpaired) electrons. The van der Waals surface area contributed by atoms with Crippen molar-refractivity contribution in [3.63, 3.8) is 0 Å². The number of hydrogen-bond acceptors (Lipinski definition) is 5. The summed E-state index contributed by atoms with van der Waals surface area (Å²) in [5, 5.41) is 6.63. The van der Waals surface area contributed by atoms with E-state index < -0.39 is 11.7 Å². The Hall–Kier alpha value is -2.37. The number of amides is 1. The fraction of sp³-hybridized carbons (Fsp3) is 0.625. The number of carbonyl (C=O) groups is 1.